The van der Waals surface area contributed by atoms with E-state index in [0.717, 1.165) is 19.3 Å². The van der Waals surface area contributed by atoms with E-state index in [9.17, 15) is 4.79 Å². The Morgan fingerprint density at radius 3 is 2.47 bits per heavy atom. The van der Waals surface area contributed by atoms with Crippen molar-refractivity contribution in [1.29, 1.82) is 0 Å². The van der Waals surface area contributed by atoms with E-state index in [4.69, 9.17) is 0 Å². The van der Waals surface area contributed by atoms with Crippen LogP contribution in [0.2, 0.25) is 0 Å². The molecule has 0 saturated carbocycles. The van der Waals surface area contributed by atoms with Gasteiger partial charge in [0.25, 0.3) is 0 Å². The topological polar surface area (TPSA) is 30.0 Å². The minimum Gasteiger partial charge on any atom is -0.294 e. The number of nitrogens with zero attached hydrogens (tertiary/aromatic N) is 1. The van der Waals surface area contributed by atoms with E-state index < -0.39 is 0 Å². The molecular formula is C13H9BrINO. The van der Waals surface area contributed by atoms with Crippen molar-refractivity contribution in [2.75, 3.05) is 0 Å². The second-order valence-corrected chi connectivity index (χ2v) is 5.74. The Bertz CT molecular complexity index is 522. The third kappa shape index (κ3) is 3.61. The standard InChI is InChI=1S/C13H9BrINO/c14-10-3-6-12(16-8-10)7-13(17)9-1-4-11(15)5-2-9/h1-6,8H,7H2. The number of rotatable bonds is 3. The minimum absolute atomic E-state index is 0.0937. The molecule has 2 nitrogen and oxygen atoms in total. The van der Waals surface area contributed by atoms with Crippen molar-refractivity contribution in [1.82, 2.24) is 4.98 Å². The number of hydrogen-bond donors (Lipinski definition) is 0. The molecule has 1 aromatic heterocycles. The summed E-state index contributed by atoms with van der Waals surface area (Å²) in [7, 11) is 0. The van der Waals surface area contributed by atoms with Gasteiger partial charge in [0.1, 0.15) is 0 Å². The molecule has 4 heteroatoms. The van der Waals surface area contributed by atoms with Gasteiger partial charge in [-0.1, -0.05) is 12.1 Å². The highest BCUT2D eigenvalue weighted by Gasteiger charge is 2.07. The lowest BCUT2D eigenvalue weighted by Gasteiger charge is -2.01. The molecule has 0 aliphatic heterocycles. The first-order chi connectivity index (χ1) is 8.15. The summed E-state index contributed by atoms with van der Waals surface area (Å²) in [4.78, 5) is 16.1. The van der Waals surface area contributed by atoms with Gasteiger partial charge in [0.05, 0.1) is 6.42 Å². The number of pyridine rings is 1. The van der Waals surface area contributed by atoms with Gasteiger partial charge in [-0.2, -0.15) is 0 Å². The van der Waals surface area contributed by atoms with Crippen LogP contribution in [0.5, 0.6) is 0 Å². The highest BCUT2D eigenvalue weighted by atomic mass is 127. The molecular weight excluding hydrogens is 393 g/mol. The fraction of sp³-hybridized carbons (Fsp3) is 0.0769. The van der Waals surface area contributed by atoms with Crippen LogP contribution in [0.4, 0.5) is 0 Å². The summed E-state index contributed by atoms with van der Waals surface area (Å²) in [5.41, 5.74) is 1.52. The van der Waals surface area contributed by atoms with Crippen LogP contribution in [0, 0.1) is 3.57 Å². The molecule has 0 saturated heterocycles. The minimum atomic E-state index is 0.0937. The third-order valence-electron chi connectivity index (χ3n) is 2.30. The molecule has 17 heavy (non-hydrogen) atoms. The maximum Gasteiger partial charge on any atom is 0.168 e. The molecule has 0 unspecified atom stereocenters. The zero-order valence-corrected chi connectivity index (χ0v) is 12.6. The van der Waals surface area contributed by atoms with Gasteiger partial charge in [0.2, 0.25) is 0 Å². The average Bonchev–Trinajstić information content (AvgIpc) is 2.33. The fourth-order valence-electron chi connectivity index (χ4n) is 1.41. The van der Waals surface area contributed by atoms with Gasteiger partial charge >= 0.3 is 0 Å². The SMILES string of the molecule is O=C(Cc1ccc(Br)cn1)c1ccc(I)cc1. The summed E-state index contributed by atoms with van der Waals surface area (Å²) >= 11 is 5.53. The van der Waals surface area contributed by atoms with Gasteiger partial charge < -0.3 is 0 Å². The highest BCUT2D eigenvalue weighted by molar-refractivity contribution is 14.1. The van der Waals surface area contributed by atoms with Crippen molar-refractivity contribution in [3.05, 3.63) is 61.9 Å². The van der Waals surface area contributed by atoms with Crippen LogP contribution in [0.25, 0.3) is 0 Å². The van der Waals surface area contributed by atoms with Crippen LogP contribution >= 0.6 is 38.5 Å². The Morgan fingerprint density at radius 1 is 1.18 bits per heavy atom. The lowest BCUT2D eigenvalue weighted by molar-refractivity contribution is 0.0992. The Labute approximate surface area is 122 Å². The number of ketones is 1. The number of benzene rings is 1. The summed E-state index contributed by atoms with van der Waals surface area (Å²) in [6.45, 7) is 0. The lowest BCUT2D eigenvalue weighted by Crippen LogP contribution is -2.04. The first-order valence-corrected chi connectivity index (χ1v) is 6.91. The zero-order chi connectivity index (χ0) is 12.3. The van der Waals surface area contributed by atoms with Gasteiger partial charge in [-0.25, -0.2) is 0 Å². The van der Waals surface area contributed by atoms with Gasteiger partial charge in [0, 0.05) is 25.5 Å². The van der Waals surface area contributed by atoms with E-state index in [1.807, 2.05) is 36.4 Å². The molecule has 0 fully saturated rings. The molecule has 0 spiro atoms. The van der Waals surface area contributed by atoms with Crippen molar-refractivity contribution >= 4 is 44.3 Å². The molecule has 0 N–H and O–H groups in total. The lowest BCUT2D eigenvalue weighted by atomic mass is 10.1. The van der Waals surface area contributed by atoms with Crippen molar-refractivity contribution in [3.8, 4) is 0 Å². The summed E-state index contributed by atoms with van der Waals surface area (Å²) in [5, 5.41) is 0. The maximum atomic E-state index is 12.0. The first-order valence-electron chi connectivity index (χ1n) is 5.04. The Morgan fingerprint density at radius 2 is 1.88 bits per heavy atom. The molecule has 86 valence electrons. The number of carbonyl (C=O) groups is 1. The summed E-state index contributed by atoms with van der Waals surface area (Å²) in [5.74, 6) is 0.0937. The van der Waals surface area contributed by atoms with E-state index in [0.29, 0.717) is 6.42 Å². The van der Waals surface area contributed by atoms with Crippen LogP contribution in [-0.4, -0.2) is 10.8 Å². The van der Waals surface area contributed by atoms with Crippen LogP contribution < -0.4 is 0 Å². The van der Waals surface area contributed by atoms with E-state index in [1.165, 1.54) is 0 Å². The number of hydrogen-bond acceptors (Lipinski definition) is 2. The van der Waals surface area contributed by atoms with Crippen LogP contribution in [-0.2, 0) is 6.42 Å². The molecule has 0 atom stereocenters. The van der Waals surface area contributed by atoms with Crippen molar-refractivity contribution < 1.29 is 4.79 Å². The molecule has 0 bridgehead atoms. The number of Topliss-reactive ketones (excluding diaryl/α,β-unsaturated/α-hetero) is 1. The molecule has 1 heterocycles. The summed E-state index contributed by atoms with van der Waals surface area (Å²) in [6.07, 6.45) is 2.05. The maximum absolute atomic E-state index is 12.0. The molecule has 0 aliphatic rings. The second-order valence-electron chi connectivity index (χ2n) is 3.57. The van der Waals surface area contributed by atoms with Crippen LogP contribution in [0.3, 0.4) is 0 Å². The Kier molecular flexibility index (Phi) is 4.28. The average molecular weight is 402 g/mol. The number of aromatic nitrogens is 1. The van der Waals surface area contributed by atoms with E-state index >= 15 is 0 Å². The Balaban J connectivity index is 2.11. The smallest absolute Gasteiger partial charge is 0.168 e. The zero-order valence-electron chi connectivity index (χ0n) is 8.86. The van der Waals surface area contributed by atoms with E-state index in [-0.39, 0.29) is 5.78 Å². The second kappa shape index (κ2) is 5.73. The number of carbonyl (C=O) groups excluding carboxylic acids is 1. The largest absolute Gasteiger partial charge is 0.294 e. The molecule has 0 aliphatic carbocycles. The first kappa shape index (κ1) is 12.7. The van der Waals surface area contributed by atoms with Crippen molar-refractivity contribution in [3.63, 3.8) is 0 Å². The summed E-state index contributed by atoms with van der Waals surface area (Å²) < 4.78 is 2.05. The molecule has 1 aromatic carbocycles. The molecule has 2 aromatic rings. The van der Waals surface area contributed by atoms with Crippen molar-refractivity contribution in [2.45, 2.75) is 6.42 Å². The highest BCUT2D eigenvalue weighted by Crippen LogP contribution is 2.11. The quantitative estimate of drug-likeness (QED) is 0.577. The predicted octanol–water partition coefficient (Wildman–Crippen LogP) is 3.87. The molecule has 0 radical (unpaired) electrons. The Hall–Kier alpha value is -0.750. The molecule has 0 amide bonds. The molecule has 2 rings (SSSR count). The van der Waals surface area contributed by atoms with E-state index in [1.54, 1.807) is 6.20 Å². The van der Waals surface area contributed by atoms with Gasteiger partial charge in [0.15, 0.2) is 5.78 Å². The van der Waals surface area contributed by atoms with Crippen LogP contribution in [0.1, 0.15) is 16.1 Å². The summed E-state index contributed by atoms with van der Waals surface area (Å²) in [6, 6.07) is 11.3. The predicted molar refractivity (Wildman–Crippen MR) is 79.1 cm³/mol. The van der Waals surface area contributed by atoms with Gasteiger partial charge in [-0.05, 0) is 62.8 Å². The fourth-order valence-corrected chi connectivity index (χ4v) is 2.01. The van der Waals surface area contributed by atoms with Crippen molar-refractivity contribution in [2.24, 2.45) is 0 Å². The van der Waals surface area contributed by atoms with Gasteiger partial charge in [-0.3, -0.25) is 9.78 Å². The van der Waals surface area contributed by atoms with E-state index in [2.05, 4.69) is 43.5 Å². The van der Waals surface area contributed by atoms with Gasteiger partial charge in [-0.15, -0.1) is 0 Å². The monoisotopic (exact) mass is 401 g/mol. The normalized spacial score (nSPS) is 10.2. The van der Waals surface area contributed by atoms with Crippen LogP contribution in [0.15, 0.2) is 47.1 Å². The number of halogens is 2. The third-order valence-corrected chi connectivity index (χ3v) is 3.48.